The van der Waals surface area contributed by atoms with E-state index in [-0.39, 0.29) is 0 Å². The monoisotopic (exact) mass is 271 g/mol. The van der Waals surface area contributed by atoms with Crippen LogP contribution in [0.2, 0.25) is 5.02 Å². The summed E-state index contributed by atoms with van der Waals surface area (Å²) in [6, 6.07) is 7.95. The lowest BCUT2D eigenvalue weighted by Crippen LogP contribution is -1.98. The number of aryl methyl sites for hydroxylation is 2. The highest BCUT2D eigenvalue weighted by Gasteiger charge is 2.09. The van der Waals surface area contributed by atoms with Crippen LogP contribution in [0.4, 0.5) is 0 Å². The number of nitrogens with zero attached hydrogens (tertiary/aromatic N) is 3. The Bertz CT molecular complexity index is 746. The molecule has 0 saturated carbocycles. The maximum absolute atomic E-state index is 6.06. The second-order valence-corrected chi connectivity index (χ2v) is 4.94. The van der Waals surface area contributed by atoms with Gasteiger partial charge in [0, 0.05) is 29.0 Å². The highest BCUT2D eigenvalue weighted by atomic mass is 35.5. The van der Waals surface area contributed by atoms with Crippen LogP contribution in [0.15, 0.2) is 36.7 Å². The lowest BCUT2D eigenvalue weighted by molar-refractivity contribution is 0.989. The second kappa shape index (κ2) is 4.67. The zero-order valence-corrected chi connectivity index (χ0v) is 11.6. The first-order valence-corrected chi connectivity index (χ1v) is 6.66. The van der Waals surface area contributed by atoms with Crippen LogP contribution >= 0.6 is 11.6 Å². The van der Waals surface area contributed by atoms with Gasteiger partial charge in [0.15, 0.2) is 0 Å². The summed E-state index contributed by atoms with van der Waals surface area (Å²) in [5.41, 5.74) is 4.19. The Labute approximate surface area is 116 Å². The van der Waals surface area contributed by atoms with Crippen molar-refractivity contribution in [1.29, 1.82) is 0 Å². The standard InChI is InChI=1S/C15H14ClN3/c1-3-11-8-12(16)4-5-13(11)14-9-15-17-6-7-19(15)10(2)18-14/h4-9H,3H2,1-2H3. The molecular weight excluding hydrogens is 258 g/mol. The third-order valence-electron chi connectivity index (χ3n) is 3.29. The number of rotatable bonds is 2. The van der Waals surface area contributed by atoms with Crippen LogP contribution in [0.1, 0.15) is 18.3 Å². The van der Waals surface area contributed by atoms with Gasteiger partial charge in [-0.3, -0.25) is 4.40 Å². The van der Waals surface area contributed by atoms with Crippen molar-refractivity contribution < 1.29 is 0 Å². The van der Waals surface area contributed by atoms with Gasteiger partial charge < -0.3 is 0 Å². The summed E-state index contributed by atoms with van der Waals surface area (Å²) in [5.74, 6) is 0.932. The quantitative estimate of drug-likeness (QED) is 0.707. The lowest BCUT2D eigenvalue weighted by atomic mass is 10.0. The van der Waals surface area contributed by atoms with E-state index in [1.165, 1.54) is 5.56 Å². The number of halogens is 1. The van der Waals surface area contributed by atoms with Crippen molar-refractivity contribution in [2.45, 2.75) is 20.3 Å². The average Bonchev–Trinajstić information content (AvgIpc) is 2.87. The molecule has 0 atom stereocenters. The average molecular weight is 272 g/mol. The predicted molar refractivity (Wildman–Crippen MR) is 77.5 cm³/mol. The fourth-order valence-corrected chi connectivity index (χ4v) is 2.52. The van der Waals surface area contributed by atoms with Gasteiger partial charge in [0.2, 0.25) is 0 Å². The maximum atomic E-state index is 6.06. The van der Waals surface area contributed by atoms with Gasteiger partial charge in [-0.15, -0.1) is 0 Å². The molecule has 2 heterocycles. The van der Waals surface area contributed by atoms with E-state index in [2.05, 4.69) is 16.9 Å². The van der Waals surface area contributed by atoms with Crippen LogP contribution in [0.3, 0.4) is 0 Å². The molecule has 0 aliphatic heterocycles. The van der Waals surface area contributed by atoms with Gasteiger partial charge in [-0.25, -0.2) is 9.97 Å². The van der Waals surface area contributed by atoms with E-state index in [1.54, 1.807) is 6.20 Å². The molecule has 0 unspecified atom stereocenters. The minimum absolute atomic E-state index is 0.763. The van der Waals surface area contributed by atoms with Gasteiger partial charge >= 0.3 is 0 Å². The number of aromatic nitrogens is 3. The molecule has 3 rings (SSSR count). The van der Waals surface area contributed by atoms with Crippen molar-refractivity contribution in [1.82, 2.24) is 14.4 Å². The van der Waals surface area contributed by atoms with Crippen LogP contribution in [-0.4, -0.2) is 14.4 Å². The van der Waals surface area contributed by atoms with E-state index in [4.69, 9.17) is 11.6 Å². The van der Waals surface area contributed by atoms with Crippen molar-refractivity contribution >= 4 is 17.2 Å². The zero-order valence-electron chi connectivity index (χ0n) is 10.9. The molecule has 0 fully saturated rings. The molecule has 0 radical (unpaired) electrons. The molecule has 2 aromatic heterocycles. The number of hydrogen-bond donors (Lipinski definition) is 0. The first kappa shape index (κ1) is 12.2. The van der Waals surface area contributed by atoms with Gasteiger partial charge in [-0.05, 0) is 31.0 Å². The summed E-state index contributed by atoms with van der Waals surface area (Å²) in [6.45, 7) is 4.11. The molecule has 0 bridgehead atoms. The summed E-state index contributed by atoms with van der Waals surface area (Å²) in [6.07, 6.45) is 4.64. The highest BCUT2D eigenvalue weighted by Crippen LogP contribution is 2.26. The molecule has 0 amide bonds. The summed E-state index contributed by atoms with van der Waals surface area (Å²) in [5, 5.41) is 0.763. The Hall–Kier alpha value is -1.87. The molecule has 3 nitrogen and oxygen atoms in total. The fourth-order valence-electron chi connectivity index (χ4n) is 2.32. The van der Waals surface area contributed by atoms with Gasteiger partial charge in [-0.1, -0.05) is 24.6 Å². The smallest absolute Gasteiger partial charge is 0.140 e. The summed E-state index contributed by atoms with van der Waals surface area (Å²) in [4.78, 5) is 9.00. The van der Waals surface area contributed by atoms with E-state index >= 15 is 0 Å². The van der Waals surface area contributed by atoms with Gasteiger partial charge in [0.25, 0.3) is 0 Å². The Kier molecular flexibility index (Phi) is 2.99. The Morgan fingerprint density at radius 2 is 2.11 bits per heavy atom. The summed E-state index contributed by atoms with van der Waals surface area (Å²) in [7, 11) is 0. The van der Waals surface area contributed by atoms with Crippen molar-refractivity contribution in [3.8, 4) is 11.3 Å². The van der Waals surface area contributed by atoms with E-state index in [0.29, 0.717) is 0 Å². The van der Waals surface area contributed by atoms with Crippen LogP contribution in [-0.2, 0) is 6.42 Å². The molecule has 19 heavy (non-hydrogen) atoms. The minimum Gasteiger partial charge on any atom is -0.288 e. The molecule has 1 aromatic carbocycles. The van der Waals surface area contributed by atoms with Crippen molar-refractivity contribution in [3.63, 3.8) is 0 Å². The molecule has 0 aliphatic carbocycles. The summed E-state index contributed by atoms with van der Waals surface area (Å²) < 4.78 is 1.98. The minimum atomic E-state index is 0.763. The SMILES string of the molecule is CCc1cc(Cl)ccc1-c1cc2nccn2c(C)n1. The maximum Gasteiger partial charge on any atom is 0.140 e. The Morgan fingerprint density at radius 3 is 2.89 bits per heavy atom. The van der Waals surface area contributed by atoms with Gasteiger partial charge in [-0.2, -0.15) is 0 Å². The van der Waals surface area contributed by atoms with Crippen LogP contribution in [0.5, 0.6) is 0 Å². The van der Waals surface area contributed by atoms with E-state index in [0.717, 1.165) is 34.2 Å². The van der Waals surface area contributed by atoms with Gasteiger partial charge in [0.05, 0.1) is 5.69 Å². The molecule has 0 saturated heterocycles. The molecule has 4 heteroatoms. The largest absolute Gasteiger partial charge is 0.288 e. The van der Waals surface area contributed by atoms with Crippen LogP contribution in [0, 0.1) is 6.92 Å². The number of fused-ring (bicyclic) bond motifs is 1. The predicted octanol–water partition coefficient (Wildman–Crippen LogP) is 3.92. The second-order valence-electron chi connectivity index (χ2n) is 4.50. The third-order valence-corrected chi connectivity index (χ3v) is 3.53. The molecule has 3 aromatic rings. The lowest BCUT2D eigenvalue weighted by Gasteiger charge is -2.09. The Morgan fingerprint density at radius 1 is 1.26 bits per heavy atom. The summed E-state index contributed by atoms with van der Waals surface area (Å²) >= 11 is 6.06. The van der Waals surface area contributed by atoms with Crippen molar-refractivity contribution in [2.24, 2.45) is 0 Å². The van der Waals surface area contributed by atoms with E-state index in [9.17, 15) is 0 Å². The molecule has 0 aliphatic rings. The number of imidazole rings is 1. The highest BCUT2D eigenvalue weighted by molar-refractivity contribution is 6.30. The van der Waals surface area contributed by atoms with Crippen molar-refractivity contribution in [3.05, 3.63) is 53.1 Å². The van der Waals surface area contributed by atoms with Crippen molar-refractivity contribution in [2.75, 3.05) is 0 Å². The molecular formula is C15H14ClN3. The first-order valence-electron chi connectivity index (χ1n) is 6.28. The Balaban J connectivity index is 2.23. The fraction of sp³-hybridized carbons (Fsp3) is 0.200. The van der Waals surface area contributed by atoms with E-state index in [1.807, 2.05) is 41.8 Å². The number of hydrogen-bond acceptors (Lipinski definition) is 2. The number of benzene rings is 1. The molecule has 0 spiro atoms. The third kappa shape index (κ3) is 2.10. The van der Waals surface area contributed by atoms with Gasteiger partial charge in [0.1, 0.15) is 11.5 Å². The zero-order chi connectivity index (χ0) is 13.4. The molecule has 96 valence electrons. The topological polar surface area (TPSA) is 30.2 Å². The molecule has 0 N–H and O–H groups in total. The first-order chi connectivity index (χ1) is 9.19. The normalized spacial score (nSPS) is 11.1. The van der Waals surface area contributed by atoms with Crippen LogP contribution < -0.4 is 0 Å². The van der Waals surface area contributed by atoms with Crippen LogP contribution in [0.25, 0.3) is 16.9 Å². The van der Waals surface area contributed by atoms with E-state index < -0.39 is 0 Å².